The Morgan fingerprint density at radius 3 is 2.70 bits per heavy atom. The Morgan fingerprint density at radius 1 is 1.25 bits per heavy atom. The van der Waals surface area contributed by atoms with Gasteiger partial charge in [-0.15, -0.1) is 0 Å². The fraction of sp³-hybridized carbons (Fsp3) is 0.667. The lowest BCUT2D eigenvalue weighted by Crippen LogP contribution is -2.45. The molecular weight excluding hydrogens is 246 g/mol. The third-order valence-electron chi connectivity index (χ3n) is 4.37. The molecule has 0 aromatic heterocycles. The standard InChI is InChI=1S/C18H29NO/c1-13(2)18-12-17(9-10-20-18)19-15(4)11-16-8-6-5-7-14(16)3/h5-8,13,15,17-19H,9-12H2,1-4H3. The van der Waals surface area contributed by atoms with Crippen LogP contribution in [0.3, 0.4) is 0 Å². The van der Waals surface area contributed by atoms with Gasteiger partial charge in [0.15, 0.2) is 0 Å². The normalized spacial score (nSPS) is 24.9. The van der Waals surface area contributed by atoms with E-state index in [4.69, 9.17) is 4.74 Å². The van der Waals surface area contributed by atoms with Crippen molar-refractivity contribution < 1.29 is 4.74 Å². The number of rotatable bonds is 5. The van der Waals surface area contributed by atoms with Gasteiger partial charge >= 0.3 is 0 Å². The maximum absolute atomic E-state index is 5.85. The molecule has 1 aliphatic rings. The molecule has 20 heavy (non-hydrogen) atoms. The summed E-state index contributed by atoms with van der Waals surface area (Å²) in [7, 11) is 0. The van der Waals surface area contributed by atoms with E-state index in [1.807, 2.05) is 0 Å². The molecule has 0 aliphatic carbocycles. The molecule has 2 heteroatoms. The number of nitrogens with one attached hydrogen (secondary N) is 1. The van der Waals surface area contributed by atoms with Crippen LogP contribution in [0.2, 0.25) is 0 Å². The van der Waals surface area contributed by atoms with Crippen LogP contribution in [0.4, 0.5) is 0 Å². The van der Waals surface area contributed by atoms with Gasteiger partial charge in [-0.25, -0.2) is 0 Å². The minimum absolute atomic E-state index is 0.423. The van der Waals surface area contributed by atoms with Gasteiger partial charge in [-0.1, -0.05) is 38.1 Å². The van der Waals surface area contributed by atoms with Crippen molar-refractivity contribution >= 4 is 0 Å². The number of hydrogen-bond acceptors (Lipinski definition) is 2. The van der Waals surface area contributed by atoms with Crippen molar-refractivity contribution in [1.82, 2.24) is 5.32 Å². The van der Waals surface area contributed by atoms with Gasteiger partial charge in [-0.3, -0.25) is 0 Å². The second-order valence-electron chi connectivity index (χ2n) is 6.57. The molecule has 0 spiro atoms. The number of aryl methyl sites for hydroxylation is 1. The van der Waals surface area contributed by atoms with Gasteiger partial charge in [0.25, 0.3) is 0 Å². The topological polar surface area (TPSA) is 21.3 Å². The zero-order valence-corrected chi connectivity index (χ0v) is 13.4. The Hall–Kier alpha value is -0.860. The van der Waals surface area contributed by atoms with E-state index in [9.17, 15) is 0 Å². The molecule has 2 rings (SSSR count). The lowest BCUT2D eigenvalue weighted by Gasteiger charge is -2.34. The van der Waals surface area contributed by atoms with E-state index in [1.54, 1.807) is 0 Å². The van der Waals surface area contributed by atoms with E-state index in [-0.39, 0.29) is 0 Å². The monoisotopic (exact) mass is 275 g/mol. The van der Waals surface area contributed by atoms with E-state index in [0.717, 1.165) is 25.9 Å². The van der Waals surface area contributed by atoms with Crippen molar-refractivity contribution in [3.05, 3.63) is 35.4 Å². The van der Waals surface area contributed by atoms with Crippen molar-refractivity contribution in [1.29, 1.82) is 0 Å². The van der Waals surface area contributed by atoms with Crippen molar-refractivity contribution in [2.75, 3.05) is 6.61 Å². The zero-order chi connectivity index (χ0) is 14.5. The first-order chi connectivity index (χ1) is 9.56. The van der Waals surface area contributed by atoms with Gasteiger partial charge in [0.2, 0.25) is 0 Å². The van der Waals surface area contributed by atoms with E-state index >= 15 is 0 Å². The summed E-state index contributed by atoms with van der Waals surface area (Å²) in [6.45, 7) is 9.91. The smallest absolute Gasteiger partial charge is 0.0612 e. The highest BCUT2D eigenvalue weighted by Gasteiger charge is 2.25. The summed E-state index contributed by atoms with van der Waals surface area (Å²) in [5.41, 5.74) is 2.85. The van der Waals surface area contributed by atoms with Crippen LogP contribution in [0.25, 0.3) is 0 Å². The maximum Gasteiger partial charge on any atom is 0.0612 e. The quantitative estimate of drug-likeness (QED) is 0.884. The van der Waals surface area contributed by atoms with E-state index in [2.05, 4.69) is 57.3 Å². The van der Waals surface area contributed by atoms with E-state index in [1.165, 1.54) is 11.1 Å². The molecule has 1 aromatic rings. The molecule has 1 N–H and O–H groups in total. The summed E-state index contributed by atoms with van der Waals surface area (Å²) < 4.78 is 5.85. The molecule has 0 bridgehead atoms. The molecule has 2 nitrogen and oxygen atoms in total. The molecule has 1 heterocycles. The fourth-order valence-corrected chi connectivity index (χ4v) is 3.07. The summed E-state index contributed by atoms with van der Waals surface area (Å²) >= 11 is 0. The molecule has 1 aromatic carbocycles. The SMILES string of the molecule is Cc1ccccc1CC(C)NC1CCOC(C(C)C)C1. The molecule has 3 atom stereocenters. The second-order valence-corrected chi connectivity index (χ2v) is 6.57. The van der Waals surface area contributed by atoms with E-state index < -0.39 is 0 Å². The number of ether oxygens (including phenoxy) is 1. The third kappa shape index (κ3) is 4.32. The van der Waals surface area contributed by atoms with Gasteiger partial charge < -0.3 is 10.1 Å². The summed E-state index contributed by atoms with van der Waals surface area (Å²) in [5.74, 6) is 0.617. The predicted octanol–water partition coefficient (Wildman–Crippen LogP) is 3.72. The average Bonchev–Trinajstić information content (AvgIpc) is 2.41. The molecule has 0 saturated carbocycles. The lowest BCUT2D eigenvalue weighted by molar-refractivity contribution is -0.0256. The van der Waals surface area contributed by atoms with Crippen LogP contribution in [-0.2, 0) is 11.2 Å². The second kappa shape index (κ2) is 7.24. The van der Waals surface area contributed by atoms with Crippen LogP contribution in [0.5, 0.6) is 0 Å². The van der Waals surface area contributed by atoms with Gasteiger partial charge in [-0.05, 0) is 50.2 Å². The highest BCUT2D eigenvalue weighted by molar-refractivity contribution is 5.26. The molecule has 1 aliphatic heterocycles. The third-order valence-corrected chi connectivity index (χ3v) is 4.37. The molecule has 112 valence electrons. The summed E-state index contributed by atoms with van der Waals surface area (Å²) in [6, 6.07) is 9.82. The van der Waals surface area contributed by atoms with Crippen molar-refractivity contribution in [2.24, 2.45) is 5.92 Å². The van der Waals surface area contributed by atoms with Gasteiger partial charge in [0, 0.05) is 18.7 Å². The fourth-order valence-electron chi connectivity index (χ4n) is 3.07. The maximum atomic E-state index is 5.85. The van der Waals surface area contributed by atoms with Crippen molar-refractivity contribution in [3.63, 3.8) is 0 Å². The molecule has 3 unspecified atom stereocenters. The first-order valence-corrected chi connectivity index (χ1v) is 7.98. The first-order valence-electron chi connectivity index (χ1n) is 7.98. The lowest BCUT2D eigenvalue weighted by atomic mass is 9.94. The molecule has 0 radical (unpaired) electrons. The largest absolute Gasteiger partial charge is 0.378 e. The highest BCUT2D eigenvalue weighted by atomic mass is 16.5. The van der Waals surface area contributed by atoms with Crippen molar-refractivity contribution in [3.8, 4) is 0 Å². The van der Waals surface area contributed by atoms with Crippen LogP contribution in [0.15, 0.2) is 24.3 Å². The van der Waals surface area contributed by atoms with Gasteiger partial charge in [0.05, 0.1) is 6.10 Å². The minimum atomic E-state index is 0.423. The minimum Gasteiger partial charge on any atom is -0.378 e. The van der Waals surface area contributed by atoms with Crippen LogP contribution in [0.1, 0.15) is 44.7 Å². The Balaban J connectivity index is 1.85. The number of hydrogen-bond donors (Lipinski definition) is 1. The summed E-state index contributed by atoms with van der Waals surface area (Å²) in [6.07, 6.45) is 3.82. The molecule has 1 fully saturated rings. The molecule has 0 amide bonds. The Morgan fingerprint density at radius 2 is 2.00 bits per heavy atom. The Labute approximate surface area is 123 Å². The van der Waals surface area contributed by atoms with Gasteiger partial charge in [-0.2, -0.15) is 0 Å². The Kier molecular flexibility index (Phi) is 5.62. The van der Waals surface area contributed by atoms with Crippen LogP contribution < -0.4 is 5.32 Å². The van der Waals surface area contributed by atoms with Crippen LogP contribution in [0, 0.1) is 12.8 Å². The average molecular weight is 275 g/mol. The van der Waals surface area contributed by atoms with Crippen LogP contribution in [-0.4, -0.2) is 24.8 Å². The number of benzene rings is 1. The van der Waals surface area contributed by atoms with Crippen LogP contribution >= 0.6 is 0 Å². The van der Waals surface area contributed by atoms with E-state index in [0.29, 0.717) is 24.1 Å². The Bertz CT molecular complexity index is 416. The summed E-state index contributed by atoms with van der Waals surface area (Å²) in [5, 5.41) is 3.80. The predicted molar refractivity (Wildman–Crippen MR) is 85.1 cm³/mol. The molecular formula is C18H29NO. The summed E-state index contributed by atoms with van der Waals surface area (Å²) in [4.78, 5) is 0. The van der Waals surface area contributed by atoms with Crippen molar-refractivity contribution in [2.45, 2.75) is 65.1 Å². The molecule has 1 saturated heterocycles. The highest BCUT2D eigenvalue weighted by Crippen LogP contribution is 2.21. The zero-order valence-electron chi connectivity index (χ0n) is 13.4. The van der Waals surface area contributed by atoms with Gasteiger partial charge in [0.1, 0.15) is 0 Å². The first kappa shape index (κ1) is 15.5.